The standard InChI is InChI=1S/C11H19NO2S/c1-8(7-13-3)14-11(9(2)12)10-5-4-6-15-10/h4-6,8-9,11H,7,12H2,1-3H3. The maximum atomic E-state index is 5.91. The molecule has 2 N–H and O–H groups in total. The van der Waals surface area contributed by atoms with Crippen LogP contribution in [0.2, 0.25) is 0 Å². The van der Waals surface area contributed by atoms with E-state index in [0.29, 0.717) is 6.61 Å². The van der Waals surface area contributed by atoms with Gasteiger partial charge in [0.05, 0.1) is 12.7 Å². The fourth-order valence-corrected chi connectivity index (χ4v) is 2.30. The van der Waals surface area contributed by atoms with Crippen LogP contribution in [0.1, 0.15) is 24.8 Å². The molecule has 3 atom stereocenters. The first-order valence-electron chi connectivity index (χ1n) is 5.08. The Balaban J connectivity index is 2.59. The highest BCUT2D eigenvalue weighted by molar-refractivity contribution is 7.10. The first-order chi connectivity index (χ1) is 7.15. The van der Waals surface area contributed by atoms with Gasteiger partial charge in [0.2, 0.25) is 0 Å². The van der Waals surface area contributed by atoms with E-state index in [2.05, 4.69) is 6.07 Å². The van der Waals surface area contributed by atoms with Gasteiger partial charge in [-0.15, -0.1) is 11.3 Å². The Morgan fingerprint density at radius 3 is 2.67 bits per heavy atom. The van der Waals surface area contributed by atoms with Crippen LogP contribution < -0.4 is 5.73 Å². The van der Waals surface area contributed by atoms with Gasteiger partial charge in [-0.2, -0.15) is 0 Å². The molecular weight excluding hydrogens is 210 g/mol. The second-order valence-corrected chi connectivity index (χ2v) is 4.68. The number of rotatable bonds is 6. The summed E-state index contributed by atoms with van der Waals surface area (Å²) in [6, 6.07) is 4.06. The summed E-state index contributed by atoms with van der Waals surface area (Å²) in [5, 5.41) is 2.04. The maximum absolute atomic E-state index is 5.91. The summed E-state index contributed by atoms with van der Waals surface area (Å²) in [6.07, 6.45) is 0.0308. The van der Waals surface area contributed by atoms with E-state index in [1.54, 1.807) is 18.4 Å². The molecule has 1 aromatic heterocycles. The molecule has 3 nitrogen and oxygen atoms in total. The molecule has 0 bridgehead atoms. The fourth-order valence-electron chi connectivity index (χ4n) is 1.43. The zero-order valence-corrected chi connectivity index (χ0v) is 10.3. The fraction of sp³-hybridized carbons (Fsp3) is 0.636. The predicted octanol–water partition coefficient (Wildman–Crippen LogP) is 2.19. The highest BCUT2D eigenvalue weighted by atomic mass is 32.1. The van der Waals surface area contributed by atoms with Crippen LogP contribution in [0, 0.1) is 0 Å². The highest BCUT2D eigenvalue weighted by Crippen LogP contribution is 2.26. The van der Waals surface area contributed by atoms with Crippen molar-refractivity contribution in [2.24, 2.45) is 5.73 Å². The van der Waals surface area contributed by atoms with Crippen LogP contribution >= 0.6 is 11.3 Å². The summed E-state index contributed by atoms with van der Waals surface area (Å²) in [4.78, 5) is 1.17. The molecular formula is C11H19NO2S. The topological polar surface area (TPSA) is 44.5 Å². The van der Waals surface area contributed by atoms with E-state index in [1.807, 2.05) is 25.3 Å². The molecule has 1 heterocycles. The largest absolute Gasteiger partial charge is 0.382 e. The minimum Gasteiger partial charge on any atom is -0.382 e. The van der Waals surface area contributed by atoms with Gasteiger partial charge in [-0.1, -0.05) is 6.07 Å². The number of hydrogen-bond acceptors (Lipinski definition) is 4. The van der Waals surface area contributed by atoms with Crippen molar-refractivity contribution in [1.29, 1.82) is 0 Å². The van der Waals surface area contributed by atoms with Crippen LogP contribution in [0.5, 0.6) is 0 Å². The van der Waals surface area contributed by atoms with E-state index in [0.717, 1.165) is 0 Å². The van der Waals surface area contributed by atoms with Gasteiger partial charge in [0, 0.05) is 18.0 Å². The van der Waals surface area contributed by atoms with E-state index >= 15 is 0 Å². The Kier molecular flexibility index (Phi) is 5.25. The molecule has 0 fully saturated rings. The lowest BCUT2D eigenvalue weighted by Gasteiger charge is -2.24. The van der Waals surface area contributed by atoms with E-state index in [1.165, 1.54) is 4.88 Å². The Morgan fingerprint density at radius 2 is 2.20 bits per heavy atom. The van der Waals surface area contributed by atoms with Crippen LogP contribution in [0.4, 0.5) is 0 Å². The summed E-state index contributed by atoms with van der Waals surface area (Å²) in [7, 11) is 1.67. The van der Waals surface area contributed by atoms with Crippen molar-refractivity contribution in [3.63, 3.8) is 0 Å². The molecule has 3 unspecified atom stereocenters. The van der Waals surface area contributed by atoms with Crippen molar-refractivity contribution in [3.8, 4) is 0 Å². The lowest BCUT2D eigenvalue weighted by molar-refractivity contribution is -0.0466. The van der Waals surface area contributed by atoms with E-state index in [4.69, 9.17) is 15.2 Å². The van der Waals surface area contributed by atoms with Gasteiger partial charge in [0.15, 0.2) is 0 Å². The van der Waals surface area contributed by atoms with Gasteiger partial charge in [-0.25, -0.2) is 0 Å². The van der Waals surface area contributed by atoms with Crippen LogP contribution in [-0.4, -0.2) is 25.9 Å². The molecule has 15 heavy (non-hydrogen) atoms. The lowest BCUT2D eigenvalue weighted by atomic mass is 10.1. The van der Waals surface area contributed by atoms with Crippen molar-refractivity contribution in [3.05, 3.63) is 22.4 Å². The molecule has 1 aromatic rings. The van der Waals surface area contributed by atoms with E-state index < -0.39 is 0 Å². The molecule has 0 radical (unpaired) electrons. The SMILES string of the molecule is COCC(C)OC(c1cccs1)C(C)N. The third kappa shape index (κ3) is 3.91. The Labute approximate surface area is 95.2 Å². The molecule has 1 rings (SSSR count). The van der Waals surface area contributed by atoms with E-state index in [-0.39, 0.29) is 18.2 Å². The van der Waals surface area contributed by atoms with Crippen molar-refractivity contribution in [1.82, 2.24) is 0 Å². The summed E-state index contributed by atoms with van der Waals surface area (Å²) in [5.74, 6) is 0. The minimum absolute atomic E-state index is 0.0112. The third-order valence-electron chi connectivity index (χ3n) is 2.08. The molecule has 4 heteroatoms. The summed E-state index contributed by atoms with van der Waals surface area (Å²) < 4.78 is 10.9. The number of methoxy groups -OCH3 is 1. The average Bonchev–Trinajstić information content (AvgIpc) is 2.66. The minimum atomic E-state index is -0.0323. The monoisotopic (exact) mass is 229 g/mol. The smallest absolute Gasteiger partial charge is 0.107 e. The van der Waals surface area contributed by atoms with Crippen molar-refractivity contribution >= 4 is 11.3 Å². The first kappa shape index (κ1) is 12.6. The third-order valence-corrected chi connectivity index (χ3v) is 3.02. The molecule has 0 aliphatic carbocycles. The predicted molar refractivity (Wildman–Crippen MR) is 63.1 cm³/mol. The summed E-state index contributed by atoms with van der Waals surface area (Å²) >= 11 is 1.67. The van der Waals surface area contributed by atoms with Crippen molar-refractivity contribution in [2.45, 2.75) is 32.1 Å². The van der Waals surface area contributed by atoms with E-state index in [9.17, 15) is 0 Å². The molecule has 0 spiro atoms. The molecule has 0 saturated carbocycles. The van der Waals surface area contributed by atoms with Crippen molar-refractivity contribution in [2.75, 3.05) is 13.7 Å². The van der Waals surface area contributed by atoms with Crippen LogP contribution in [0.25, 0.3) is 0 Å². The lowest BCUT2D eigenvalue weighted by Crippen LogP contribution is -2.30. The average molecular weight is 229 g/mol. The zero-order valence-electron chi connectivity index (χ0n) is 9.47. The van der Waals surface area contributed by atoms with Gasteiger partial charge in [0.25, 0.3) is 0 Å². The molecule has 0 aliphatic heterocycles. The number of thiophene rings is 1. The Morgan fingerprint density at radius 1 is 1.47 bits per heavy atom. The normalized spacial score (nSPS) is 17.3. The number of hydrogen-bond donors (Lipinski definition) is 1. The number of nitrogens with two attached hydrogens (primary N) is 1. The van der Waals surface area contributed by atoms with Gasteiger partial charge in [-0.3, -0.25) is 0 Å². The van der Waals surface area contributed by atoms with Gasteiger partial charge >= 0.3 is 0 Å². The second-order valence-electron chi connectivity index (χ2n) is 3.70. The first-order valence-corrected chi connectivity index (χ1v) is 5.96. The van der Waals surface area contributed by atoms with Gasteiger partial charge in [0.1, 0.15) is 6.10 Å². The molecule has 0 aromatic carbocycles. The second kappa shape index (κ2) is 6.23. The quantitative estimate of drug-likeness (QED) is 0.813. The molecule has 0 saturated heterocycles. The summed E-state index contributed by atoms with van der Waals surface area (Å²) in [6.45, 7) is 4.55. The maximum Gasteiger partial charge on any atom is 0.107 e. The van der Waals surface area contributed by atoms with Crippen LogP contribution in [0.3, 0.4) is 0 Å². The number of ether oxygens (including phenoxy) is 2. The van der Waals surface area contributed by atoms with Crippen molar-refractivity contribution < 1.29 is 9.47 Å². The van der Waals surface area contributed by atoms with Crippen LogP contribution in [0.15, 0.2) is 17.5 Å². The molecule has 0 amide bonds. The summed E-state index contributed by atoms with van der Waals surface area (Å²) in [5.41, 5.74) is 5.91. The Bertz CT molecular complexity index is 262. The van der Waals surface area contributed by atoms with Gasteiger partial charge < -0.3 is 15.2 Å². The zero-order chi connectivity index (χ0) is 11.3. The van der Waals surface area contributed by atoms with Crippen LogP contribution in [-0.2, 0) is 9.47 Å². The highest BCUT2D eigenvalue weighted by Gasteiger charge is 2.20. The Hall–Kier alpha value is -0.420. The molecule has 0 aliphatic rings. The van der Waals surface area contributed by atoms with Gasteiger partial charge in [-0.05, 0) is 25.3 Å². The molecule has 86 valence electrons.